The van der Waals surface area contributed by atoms with E-state index in [2.05, 4.69) is 28.9 Å². The van der Waals surface area contributed by atoms with Crippen LogP contribution in [0.5, 0.6) is 0 Å². The van der Waals surface area contributed by atoms with Crippen LogP contribution in [0.1, 0.15) is 72.5 Å². The van der Waals surface area contributed by atoms with Gasteiger partial charge in [-0.2, -0.15) is 0 Å². The van der Waals surface area contributed by atoms with Crippen molar-refractivity contribution in [2.45, 2.75) is 82.6 Å². The van der Waals surface area contributed by atoms with E-state index in [0.29, 0.717) is 25.7 Å². The second kappa shape index (κ2) is 13.2. The number of aliphatic hydroxyl groups excluding tert-OH is 1. The highest BCUT2D eigenvalue weighted by molar-refractivity contribution is 5.47. The van der Waals surface area contributed by atoms with Gasteiger partial charge in [0.05, 0.1) is 24.9 Å². The molecule has 2 fully saturated rings. The minimum absolute atomic E-state index is 0.0552. The predicted molar refractivity (Wildman–Crippen MR) is 157 cm³/mol. The molecule has 0 amide bonds. The minimum atomic E-state index is -0.454. The standard InChI is InChI=1S/C33H44FN3O4/c1-22(38)32(30-18-26(34)17-25-21-41-31(19-29(25)30)23-10-15-39-16-11-23)37-13-9-28(20-37)40-14-3-2-6-27-8-7-24-5-4-12-35-33(24)36-27/h7-8,17-18,23,28,31-32,38H,1-6,9-16,19-21H2,(H,35,36)/t28-,31?,32+/m1/s1. The predicted octanol–water partition coefficient (Wildman–Crippen LogP) is 5.67. The molecule has 0 bridgehead atoms. The Morgan fingerprint density at radius 2 is 2.07 bits per heavy atom. The van der Waals surface area contributed by atoms with Crippen molar-refractivity contribution in [2.24, 2.45) is 5.92 Å². The molecule has 8 heteroatoms. The first-order valence-electron chi connectivity index (χ1n) is 15.5. The number of halogens is 1. The molecule has 1 aromatic heterocycles. The Morgan fingerprint density at radius 1 is 1.20 bits per heavy atom. The van der Waals surface area contributed by atoms with Crippen molar-refractivity contribution in [3.63, 3.8) is 0 Å². The highest BCUT2D eigenvalue weighted by Gasteiger charge is 2.36. The summed E-state index contributed by atoms with van der Waals surface area (Å²) in [6.45, 7) is 9.02. The zero-order valence-corrected chi connectivity index (χ0v) is 24.1. The third-order valence-corrected chi connectivity index (χ3v) is 9.28. The molecule has 2 saturated heterocycles. The number of aliphatic hydroxyl groups is 1. The Labute approximate surface area is 243 Å². The molecule has 7 nitrogen and oxygen atoms in total. The van der Waals surface area contributed by atoms with Crippen LogP contribution >= 0.6 is 0 Å². The van der Waals surface area contributed by atoms with Gasteiger partial charge in [-0.3, -0.25) is 4.90 Å². The maximum atomic E-state index is 14.8. The van der Waals surface area contributed by atoms with Crippen LogP contribution in [0.25, 0.3) is 0 Å². The fourth-order valence-electron chi connectivity index (χ4n) is 7.06. The molecule has 5 heterocycles. The monoisotopic (exact) mass is 565 g/mol. The minimum Gasteiger partial charge on any atom is -0.511 e. The van der Waals surface area contributed by atoms with E-state index in [1.165, 1.54) is 12.0 Å². The van der Waals surface area contributed by atoms with Gasteiger partial charge in [-0.1, -0.05) is 12.6 Å². The normalized spacial score (nSPS) is 23.9. The summed E-state index contributed by atoms with van der Waals surface area (Å²) >= 11 is 0. The molecular weight excluding hydrogens is 521 g/mol. The quantitative estimate of drug-likeness (QED) is 0.284. The van der Waals surface area contributed by atoms with E-state index in [1.54, 1.807) is 12.1 Å². The number of unbranched alkanes of at least 4 members (excludes halogenated alkanes) is 1. The number of anilines is 1. The van der Waals surface area contributed by atoms with E-state index in [9.17, 15) is 9.50 Å². The molecule has 222 valence electrons. The lowest BCUT2D eigenvalue weighted by Gasteiger charge is -2.37. The summed E-state index contributed by atoms with van der Waals surface area (Å²) in [4.78, 5) is 7.00. The van der Waals surface area contributed by atoms with Gasteiger partial charge in [-0.25, -0.2) is 9.37 Å². The van der Waals surface area contributed by atoms with E-state index >= 15 is 0 Å². The number of hydrogen-bond acceptors (Lipinski definition) is 7. The Balaban J connectivity index is 1.04. The van der Waals surface area contributed by atoms with Crippen LogP contribution in [0.3, 0.4) is 0 Å². The smallest absolute Gasteiger partial charge is 0.129 e. The Morgan fingerprint density at radius 3 is 2.93 bits per heavy atom. The zero-order chi connectivity index (χ0) is 28.2. The van der Waals surface area contributed by atoms with Gasteiger partial charge in [0.15, 0.2) is 0 Å². The lowest BCUT2D eigenvalue weighted by Crippen LogP contribution is -2.36. The molecule has 41 heavy (non-hydrogen) atoms. The summed E-state index contributed by atoms with van der Waals surface area (Å²) in [5, 5.41) is 14.2. The van der Waals surface area contributed by atoms with Crippen molar-refractivity contribution < 1.29 is 23.7 Å². The number of fused-ring (bicyclic) bond motifs is 2. The molecule has 4 aliphatic rings. The number of pyridine rings is 1. The van der Waals surface area contributed by atoms with E-state index in [1.807, 2.05) is 0 Å². The SMILES string of the molecule is C=C(O)[C@@H](c1cc(F)cc2c1CC(C1CCOCC1)OC2)N1CC[C@@H](OCCCCc2ccc3c(n2)NCCC3)C1. The number of rotatable bonds is 10. The summed E-state index contributed by atoms with van der Waals surface area (Å²) in [5.41, 5.74) is 5.26. The molecule has 2 N–H and O–H groups in total. The fourth-order valence-corrected chi connectivity index (χ4v) is 7.06. The molecular formula is C33H44FN3O4. The van der Waals surface area contributed by atoms with Crippen LogP contribution in [-0.2, 0) is 40.1 Å². The van der Waals surface area contributed by atoms with E-state index in [4.69, 9.17) is 19.2 Å². The molecule has 1 unspecified atom stereocenters. The lowest BCUT2D eigenvalue weighted by molar-refractivity contribution is -0.0484. The Kier molecular flexibility index (Phi) is 9.20. The Hall–Kier alpha value is -2.52. The topological polar surface area (TPSA) is 76.1 Å². The molecule has 0 radical (unpaired) electrons. The number of likely N-dealkylation sites (tertiary alicyclic amines) is 1. The van der Waals surface area contributed by atoms with Gasteiger partial charge in [0.2, 0.25) is 0 Å². The first-order chi connectivity index (χ1) is 20.0. The first-order valence-corrected chi connectivity index (χ1v) is 15.5. The van der Waals surface area contributed by atoms with Gasteiger partial charge in [0.25, 0.3) is 0 Å². The van der Waals surface area contributed by atoms with Crippen molar-refractivity contribution in [2.75, 3.05) is 44.8 Å². The van der Waals surface area contributed by atoms with E-state index in [0.717, 1.165) is 106 Å². The summed E-state index contributed by atoms with van der Waals surface area (Å²) in [5.74, 6) is 1.26. The van der Waals surface area contributed by atoms with Crippen LogP contribution in [-0.4, -0.2) is 66.7 Å². The molecule has 0 aliphatic carbocycles. The third-order valence-electron chi connectivity index (χ3n) is 9.28. The number of hydrogen-bond donors (Lipinski definition) is 2. The van der Waals surface area contributed by atoms with Gasteiger partial charge in [-0.05, 0) is 104 Å². The fraction of sp³-hybridized carbons (Fsp3) is 0.606. The Bertz CT molecular complexity index is 1220. The lowest BCUT2D eigenvalue weighted by atomic mass is 9.83. The van der Waals surface area contributed by atoms with Gasteiger partial charge in [0, 0.05) is 45.1 Å². The number of aromatic nitrogens is 1. The zero-order valence-electron chi connectivity index (χ0n) is 24.1. The van der Waals surface area contributed by atoms with Crippen molar-refractivity contribution in [1.29, 1.82) is 0 Å². The number of aryl methyl sites for hydroxylation is 2. The second-order valence-corrected chi connectivity index (χ2v) is 12.1. The van der Waals surface area contributed by atoms with Crippen LogP contribution in [0.15, 0.2) is 36.6 Å². The number of nitrogens with one attached hydrogen (secondary N) is 1. The van der Waals surface area contributed by atoms with Crippen molar-refractivity contribution in [1.82, 2.24) is 9.88 Å². The number of ether oxygens (including phenoxy) is 3. The second-order valence-electron chi connectivity index (χ2n) is 12.1. The first kappa shape index (κ1) is 28.6. The van der Waals surface area contributed by atoms with Gasteiger partial charge < -0.3 is 24.6 Å². The van der Waals surface area contributed by atoms with Gasteiger partial charge >= 0.3 is 0 Å². The van der Waals surface area contributed by atoms with Crippen LogP contribution < -0.4 is 5.32 Å². The van der Waals surface area contributed by atoms with Crippen molar-refractivity contribution in [3.05, 3.63) is 70.4 Å². The molecule has 4 aliphatic heterocycles. The highest BCUT2D eigenvalue weighted by atomic mass is 19.1. The maximum absolute atomic E-state index is 14.8. The van der Waals surface area contributed by atoms with Crippen molar-refractivity contribution in [3.8, 4) is 0 Å². The third kappa shape index (κ3) is 6.77. The highest BCUT2D eigenvalue weighted by Crippen LogP contribution is 2.38. The van der Waals surface area contributed by atoms with Crippen molar-refractivity contribution >= 4 is 5.82 Å². The number of nitrogens with zero attached hydrogens (tertiary/aromatic N) is 2. The largest absolute Gasteiger partial charge is 0.511 e. The summed E-state index contributed by atoms with van der Waals surface area (Å²) in [6.07, 6.45) is 9.00. The summed E-state index contributed by atoms with van der Waals surface area (Å²) < 4.78 is 32.8. The van der Waals surface area contributed by atoms with Gasteiger partial charge in [-0.15, -0.1) is 0 Å². The summed E-state index contributed by atoms with van der Waals surface area (Å²) in [7, 11) is 0. The van der Waals surface area contributed by atoms with Gasteiger partial charge in [0.1, 0.15) is 17.4 Å². The molecule has 6 rings (SSSR count). The average molecular weight is 566 g/mol. The van der Waals surface area contributed by atoms with Crippen LogP contribution in [0, 0.1) is 11.7 Å². The number of benzene rings is 1. The molecule has 0 spiro atoms. The van der Waals surface area contributed by atoms with E-state index in [-0.39, 0.29) is 23.8 Å². The molecule has 3 atom stereocenters. The molecule has 2 aromatic rings. The van der Waals surface area contributed by atoms with E-state index < -0.39 is 6.04 Å². The maximum Gasteiger partial charge on any atom is 0.129 e. The van der Waals surface area contributed by atoms with Crippen LogP contribution in [0.2, 0.25) is 0 Å². The summed E-state index contributed by atoms with van der Waals surface area (Å²) in [6, 6.07) is 7.10. The average Bonchev–Trinajstić information content (AvgIpc) is 3.45. The molecule has 1 aromatic carbocycles. The van der Waals surface area contributed by atoms with Crippen LogP contribution in [0.4, 0.5) is 10.2 Å². The molecule has 0 saturated carbocycles.